The number of H-pyrrole nitrogens is 1. The maximum atomic E-state index is 13.8. The average molecular weight is 380 g/mol. The van der Waals surface area contributed by atoms with Gasteiger partial charge in [-0.15, -0.1) is 0 Å². The van der Waals surface area contributed by atoms with E-state index in [2.05, 4.69) is 16.5 Å². The topological polar surface area (TPSA) is 52.2 Å². The molecule has 0 bridgehead atoms. The first-order valence-corrected chi connectivity index (χ1v) is 9.11. The second kappa shape index (κ2) is 7.94. The number of hydrogen-bond donors (Lipinski definition) is 1. The summed E-state index contributed by atoms with van der Waals surface area (Å²) in [5.74, 6) is 0.361. The van der Waals surface area contributed by atoms with Gasteiger partial charge in [0.1, 0.15) is 11.6 Å². The van der Waals surface area contributed by atoms with Crippen LogP contribution in [0.3, 0.4) is 0 Å². The molecule has 1 N–H and O–H groups in total. The molecule has 0 unspecified atom stereocenters. The predicted molar refractivity (Wildman–Crippen MR) is 112 cm³/mol. The minimum Gasteiger partial charge on any atom is -0.347 e. The van der Waals surface area contributed by atoms with Gasteiger partial charge in [0.15, 0.2) is 0 Å². The molecule has 0 amide bonds. The second-order valence-electron chi connectivity index (χ2n) is 7.21. The molecule has 3 rings (SSSR count). The van der Waals surface area contributed by atoms with Crippen LogP contribution in [0.5, 0.6) is 0 Å². The normalized spacial score (nSPS) is 11.2. The summed E-state index contributed by atoms with van der Waals surface area (Å²) in [7, 11) is 3.80. The van der Waals surface area contributed by atoms with Crippen molar-refractivity contribution < 1.29 is 4.39 Å². The zero-order valence-corrected chi connectivity index (χ0v) is 16.7. The van der Waals surface area contributed by atoms with E-state index in [9.17, 15) is 9.18 Å². The van der Waals surface area contributed by atoms with Crippen molar-refractivity contribution in [2.75, 3.05) is 25.5 Å². The minimum absolute atomic E-state index is 0.136. The van der Waals surface area contributed by atoms with E-state index in [1.807, 2.05) is 55.1 Å². The lowest BCUT2D eigenvalue weighted by molar-refractivity contribution is 0.343. The lowest BCUT2D eigenvalue weighted by Gasteiger charge is -2.27. The highest BCUT2D eigenvalue weighted by molar-refractivity contribution is 5.78. The van der Waals surface area contributed by atoms with Crippen molar-refractivity contribution in [2.45, 2.75) is 20.4 Å². The Hall–Kier alpha value is -2.99. The molecule has 0 saturated carbocycles. The molecule has 0 aliphatic carbocycles. The molecule has 1 aromatic heterocycles. The van der Waals surface area contributed by atoms with Gasteiger partial charge < -0.3 is 9.88 Å². The highest BCUT2D eigenvalue weighted by Gasteiger charge is 2.13. The zero-order valence-electron chi connectivity index (χ0n) is 16.7. The summed E-state index contributed by atoms with van der Waals surface area (Å²) in [5.41, 5.74) is 3.76. The number of halogens is 1. The first-order valence-electron chi connectivity index (χ1n) is 9.11. The quantitative estimate of drug-likeness (QED) is 0.707. The number of likely N-dealkylation sites (N-methyl/N-ethyl adjacent to an activating group) is 2. The molecular weight excluding hydrogens is 355 g/mol. The van der Waals surface area contributed by atoms with E-state index in [1.54, 1.807) is 13.0 Å². The summed E-state index contributed by atoms with van der Waals surface area (Å²) < 4.78 is 13.8. The van der Waals surface area contributed by atoms with E-state index >= 15 is 0 Å². The Morgan fingerprint density at radius 1 is 1.21 bits per heavy atom. The van der Waals surface area contributed by atoms with Gasteiger partial charge in [-0.3, -0.25) is 9.69 Å². The number of aryl methyl sites for hydroxylation is 1. The van der Waals surface area contributed by atoms with Crippen LogP contribution >= 0.6 is 0 Å². The minimum atomic E-state index is -0.237. The number of anilines is 1. The van der Waals surface area contributed by atoms with Crippen molar-refractivity contribution >= 4 is 16.6 Å². The fraction of sp³-hybridized carbons (Fsp3) is 0.273. The van der Waals surface area contributed by atoms with Crippen molar-refractivity contribution in [1.82, 2.24) is 14.9 Å². The third-order valence-corrected chi connectivity index (χ3v) is 4.86. The Labute approximate surface area is 164 Å². The number of rotatable bonds is 6. The molecule has 1 heterocycles. The van der Waals surface area contributed by atoms with Gasteiger partial charge >= 0.3 is 0 Å². The summed E-state index contributed by atoms with van der Waals surface area (Å²) in [4.78, 5) is 23.7. The van der Waals surface area contributed by atoms with Gasteiger partial charge in [-0.2, -0.15) is 0 Å². The van der Waals surface area contributed by atoms with Crippen molar-refractivity contribution in [2.24, 2.45) is 0 Å². The van der Waals surface area contributed by atoms with Crippen LogP contribution in [0.25, 0.3) is 10.9 Å². The number of hydrogen-bond acceptors (Lipinski definition) is 4. The molecule has 3 aromatic rings. The van der Waals surface area contributed by atoms with Gasteiger partial charge in [-0.1, -0.05) is 24.3 Å². The molecular formula is C22H25FN4O. The largest absolute Gasteiger partial charge is 0.347 e. The second-order valence-corrected chi connectivity index (χ2v) is 7.21. The Morgan fingerprint density at radius 3 is 2.71 bits per heavy atom. The molecule has 0 radical (unpaired) electrons. The number of nitrogens with zero attached hydrogens (tertiary/aromatic N) is 3. The van der Waals surface area contributed by atoms with Gasteiger partial charge in [0.2, 0.25) is 0 Å². The van der Waals surface area contributed by atoms with Crippen LogP contribution in [-0.2, 0) is 6.54 Å². The van der Waals surface area contributed by atoms with Crippen molar-refractivity contribution in [3.8, 4) is 0 Å². The van der Waals surface area contributed by atoms with Crippen molar-refractivity contribution in [1.29, 1.82) is 0 Å². The molecule has 28 heavy (non-hydrogen) atoms. The number of benzene rings is 2. The lowest BCUT2D eigenvalue weighted by Crippen LogP contribution is -2.29. The Balaban J connectivity index is 1.73. The smallest absolute Gasteiger partial charge is 0.258 e. The van der Waals surface area contributed by atoms with E-state index in [-0.39, 0.29) is 11.4 Å². The molecule has 6 heteroatoms. The standard InChI is InChI=1S/C22H25FN4O/c1-14-9-10-19-17(11-14)22(28)25-21(24-19)13-26(4)12-15(2)27(5)20-8-6-7-18(23)16(20)3/h6-11H,2,12-13H2,1,3-5H3,(H,24,25,28). The van der Waals surface area contributed by atoms with Crippen LogP contribution in [0.4, 0.5) is 10.1 Å². The SMILES string of the molecule is C=C(CN(C)Cc1nc2ccc(C)cc2c(=O)[nH]1)N(C)c1cccc(F)c1C. The molecule has 0 fully saturated rings. The van der Waals surface area contributed by atoms with Crippen LogP contribution in [0.15, 0.2) is 53.5 Å². The Morgan fingerprint density at radius 2 is 1.96 bits per heavy atom. The van der Waals surface area contributed by atoms with E-state index < -0.39 is 0 Å². The molecule has 0 spiro atoms. The van der Waals surface area contributed by atoms with E-state index in [4.69, 9.17) is 0 Å². The van der Waals surface area contributed by atoms with Gasteiger partial charge in [0.25, 0.3) is 5.56 Å². The van der Waals surface area contributed by atoms with Crippen molar-refractivity contribution in [3.63, 3.8) is 0 Å². The molecule has 2 aromatic carbocycles. The highest BCUT2D eigenvalue weighted by atomic mass is 19.1. The van der Waals surface area contributed by atoms with Gasteiger partial charge in [0.05, 0.1) is 17.4 Å². The number of fused-ring (bicyclic) bond motifs is 1. The van der Waals surface area contributed by atoms with E-state index in [1.165, 1.54) is 6.07 Å². The monoisotopic (exact) mass is 380 g/mol. The molecule has 5 nitrogen and oxygen atoms in total. The van der Waals surface area contributed by atoms with Crippen LogP contribution in [-0.4, -0.2) is 35.5 Å². The van der Waals surface area contributed by atoms with Crippen LogP contribution in [0, 0.1) is 19.7 Å². The fourth-order valence-corrected chi connectivity index (χ4v) is 3.23. The number of aromatic amines is 1. The van der Waals surface area contributed by atoms with Gasteiger partial charge in [-0.05, 0) is 45.2 Å². The maximum Gasteiger partial charge on any atom is 0.258 e. The van der Waals surface area contributed by atoms with E-state index in [0.29, 0.717) is 35.4 Å². The number of aromatic nitrogens is 2. The van der Waals surface area contributed by atoms with Gasteiger partial charge in [0, 0.05) is 30.5 Å². The first kappa shape index (κ1) is 19.8. The summed E-state index contributed by atoms with van der Waals surface area (Å²) in [5, 5.41) is 0.595. The van der Waals surface area contributed by atoms with Crippen LogP contribution in [0.2, 0.25) is 0 Å². The Kier molecular flexibility index (Phi) is 5.61. The molecule has 146 valence electrons. The lowest BCUT2D eigenvalue weighted by atomic mass is 10.1. The molecule has 0 saturated heterocycles. The van der Waals surface area contributed by atoms with Crippen LogP contribution in [0.1, 0.15) is 17.0 Å². The third kappa shape index (κ3) is 4.12. The summed E-state index contributed by atoms with van der Waals surface area (Å²) in [6.07, 6.45) is 0. The van der Waals surface area contributed by atoms with Crippen LogP contribution < -0.4 is 10.5 Å². The third-order valence-electron chi connectivity index (χ3n) is 4.86. The molecule has 0 aliphatic heterocycles. The molecule has 0 atom stereocenters. The average Bonchev–Trinajstić information content (AvgIpc) is 2.64. The predicted octanol–water partition coefficient (Wildman–Crippen LogP) is 3.76. The number of nitrogens with one attached hydrogen (secondary N) is 1. The summed E-state index contributed by atoms with van der Waals surface area (Å²) in [6.45, 7) is 8.84. The zero-order chi connectivity index (χ0) is 20.4. The maximum absolute atomic E-state index is 13.8. The highest BCUT2D eigenvalue weighted by Crippen LogP contribution is 2.24. The van der Waals surface area contributed by atoms with E-state index in [0.717, 1.165) is 16.9 Å². The fourth-order valence-electron chi connectivity index (χ4n) is 3.23. The van der Waals surface area contributed by atoms with Gasteiger partial charge in [-0.25, -0.2) is 9.37 Å². The Bertz CT molecular complexity index is 1090. The van der Waals surface area contributed by atoms with Crippen molar-refractivity contribution in [3.05, 3.63) is 81.8 Å². The summed E-state index contributed by atoms with van der Waals surface area (Å²) >= 11 is 0. The molecule has 0 aliphatic rings. The summed E-state index contributed by atoms with van der Waals surface area (Å²) in [6, 6.07) is 10.7. The first-order chi connectivity index (χ1) is 13.3.